The molecule has 2 aromatic carbocycles. The Labute approximate surface area is 179 Å². The van der Waals surface area contributed by atoms with Gasteiger partial charge in [-0.1, -0.05) is 24.3 Å². The molecule has 0 saturated carbocycles. The van der Waals surface area contributed by atoms with E-state index >= 15 is 0 Å². The highest BCUT2D eigenvalue weighted by Crippen LogP contribution is 2.18. The monoisotopic (exact) mass is 409 g/mol. The molecule has 30 heavy (non-hydrogen) atoms. The summed E-state index contributed by atoms with van der Waals surface area (Å²) >= 11 is 0. The molecule has 1 aliphatic rings. The van der Waals surface area contributed by atoms with Gasteiger partial charge in [-0.2, -0.15) is 0 Å². The van der Waals surface area contributed by atoms with Crippen LogP contribution in [0.15, 0.2) is 42.5 Å². The van der Waals surface area contributed by atoms with E-state index in [0.29, 0.717) is 12.2 Å². The van der Waals surface area contributed by atoms with Gasteiger partial charge in [-0.15, -0.1) is 0 Å². The van der Waals surface area contributed by atoms with E-state index in [9.17, 15) is 9.59 Å². The van der Waals surface area contributed by atoms with Gasteiger partial charge in [0, 0.05) is 43.9 Å². The Morgan fingerprint density at radius 2 is 1.67 bits per heavy atom. The molecule has 0 aromatic heterocycles. The van der Waals surface area contributed by atoms with Crippen molar-refractivity contribution in [2.45, 2.75) is 32.7 Å². The predicted molar refractivity (Wildman–Crippen MR) is 121 cm³/mol. The zero-order valence-electron chi connectivity index (χ0n) is 18.4. The second kappa shape index (κ2) is 9.76. The van der Waals surface area contributed by atoms with Crippen molar-refractivity contribution < 1.29 is 14.5 Å². The van der Waals surface area contributed by atoms with Gasteiger partial charge in [0.05, 0.1) is 19.6 Å². The lowest BCUT2D eigenvalue weighted by Gasteiger charge is -2.26. The molecule has 0 bridgehead atoms. The first-order chi connectivity index (χ1) is 14.4. The molecule has 1 heterocycles. The van der Waals surface area contributed by atoms with E-state index in [4.69, 9.17) is 0 Å². The Hall–Kier alpha value is -2.86. The van der Waals surface area contributed by atoms with E-state index in [2.05, 4.69) is 39.8 Å². The molecule has 160 valence electrons. The van der Waals surface area contributed by atoms with Crippen LogP contribution in [0.1, 0.15) is 35.6 Å². The van der Waals surface area contributed by atoms with Gasteiger partial charge in [0.2, 0.25) is 0 Å². The highest BCUT2D eigenvalue weighted by atomic mass is 16.2. The second-order valence-electron chi connectivity index (χ2n) is 8.32. The zero-order valence-corrected chi connectivity index (χ0v) is 18.4. The molecule has 2 amide bonds. The van der Waals surface area contributed by atoms with Gasteiger partial charge in [-0.05, 0) is 43.2 Å². The normalized spacial score (nSPS) is 14.9. The fraction of sp³-hybridized carbons (Fsp3) is 0.417. The third kappa shape index (κ3) is 5.19. The Kier molecular flexibility index (Phi) is 7.11. The molecule has 1 saturated heterocycles. The second-order valence-corrected chi connectivity index (χ2v) is 8.32. The van der Waals surface area contributed by atoms with Crippen LogP contribution in [-0.4, -0.2) is 45.5 Å². The van der Waals surface area contributed by atoms with E-state index in [1.165, 1.54) is 23.3 Å². The van der Waals surface area contributed by atoms with E-state index in [1.807, 2.05) is 46.1 Å². The van der Waals surface area contributed by atoms with Crippen LogP contribution in [0.2, 0.25) is 0 Å². The summed E-state index contributed by atoms with van der Waals surface area (Å²) in [7, 11) is 4.04. The maximum absolute atomic E-state index is 12.5. The molecule has 1 fully saturated rings. The number of quaternary nitrogens is 1. The SMILES string of the molecule is Cc1cccc(NC(=O)C(=O)NC[C@H](c2ccc(N(C)C)cc2)[NH+]2CCCC2)c1C. The Morgan fingerprint density at radius 1 is 1.00 bits per heavy atom. The summed E-state index contributed by atoms with van der Waals surface area (Å²) in [5.41, 5.74) is 5.06. The molecule has 3 N–H and O–H groups in total. The molecular formula is C24H33N4O2+. The largest absolute Gasteiger partial charge is 0.378 e. The summed E-state index contributed by atoms with van der Waals surface area (Å²) in [5, 5.41) is 5.61. The lowest BCUT2D eigenvalue weighted by molar-refractivity contribution is -0.918. The summed E-state index contributed by atoms with van der Waals surface area (Å²) in [6.07, 6.45) is 2.39. The minimum atomic E-state index is -0.623. The molecule has 2 aromatic rings. The van der Waals surface area contributed by atoms with Crippen molar-refractivity contribution in [3.8, 4) is 0 Å². The van der Waals surface area contributed by atoms with E-state index in [1.54, 1.807) is 0 Å². The number of amides is 2. The first kappa shape index (κ1) is 21.8. The molecule has 0 spiro atoms. The van der Waals surface area contributed by atoms with Crippen molar-refractivity contribution in [2.75, 3.05) is 43.9 Å². The highest BCUT2D eigenvalue weighted by molar-refractivity contribution is 6.39. The Morgan fingerprint density at radius 3 is 2.30 bits per heavy atom. The fourth-order valence-electron chi connectivity index (χ4n) is 4.02. The third-order valence-corrected chi connectivity index (χ3v) is 6.08. The van der Waals surface area contributed by atoms with Crippen molar-refractivity contribution >= 4 is 23.2 Å². The Balaban J connectivity index is 1.66. The number of carbonyl (C=O) groups excluding carboxylic acids is 2. The molecule has 0 radical (unpaired) electrons. The standard InChI is InChI=1S/C24H32N4O2/c1-17-8-7-9-21(18(17)2)26-24(30)23(29)25-16-22(28-14-5-6-15-28)19-10-12-20(13-11-19)27(3)4/h7-13,22H,5-6,14-16H2,1-4H3,(H,25,29)(H,26,30)/p+1/t22-/m1/s1. The molecular weight excluding hydrogens is 376 g/mol. The van der Waals surface area contributed by atoms with Crippen molar-refractivity contribution in [1.29, 1.82) is 0 Å². The number of likely N-dealkylation sites (tertiary alicyclic amines) is 1. The average molecular weight is 410 g/mol. The van der Waals surface area contributed by atoms with Gasteiger partial charge >= 0.3 is 11.8 Å². The smallest absolute Gasteiger partial charge is 0.313 e. The molecule has 0 unspecified atom stereocenters. The quantitative estimate of drug-likeness (QED) is 0.638. The van der Waals surface area contributed by atoms with Crippen molar-refractivity contribution in [1.82, 2.24) is 5.32 Å². The number of nitrogens with zero attached hydrogens (tertiary/aromatic N) is 1. The molecule has 6 heteroatoms. The summed E-state index contributed by atoms with van der Waals surface area (Å²) in [6.45, 7) is 6.54. The van der Waals surface area contributed by atoms with Gasteiger partial charge in [0.25, 0.3) is 0 Å². The summed E-state index contributed by atoms with van der Waals surface area (Å²) in [6, 6.07) is 14.3. The third-order valence-electron chi connectivity index (χ3n) is 6.08. The molecule has 1 atom stereocenters. The van der Waals surface area contributed by atoms with Crippen molar-refractivity contribution in [3.63, 3.8) is 0 Å². The van der Waals surface area contributed by atoms with Crippen LogP contribution in [0.3, 0.4) is 0 Å². The molecule has 3 rings (SSSR count). The van der Waals surface area contributed by atoms with Crippen molar-refractivity contribution in [2.24, 2.45) is 0 Å². The number of nitrogens with one attached hydrogen (secondary N) is 3. The lowest BCUT2D eigenvalue weighted by Crippen LogP contribution is -3.11. The Bertz CT molecular complexity index is 887. The van der Waals surface area contributed by atoms with Crippen LogP contribution >= 0.6 is 0 Å². The van der Waals surface area contributed by atoms with E-state index in [0.717, 1.165) is 29.9 Å². The maximum atomic E-state index is 12.5. The number of rotatable bonds is 6. The first-order valence-electron chi connectivity index (χ1n) is 10.6. The zero-order chi connectivity index (χ0) is 21.7. The van der Waals surface area contributed by atoms with Crippen LogP contribution < -0.4 is 20.4 Å². The number of benzene rings is 2. The van der Waals surface area contributed by atoms with Gasteiger partial charge < -0.3 is 20.4 Å². The average Bonchev–Trinajstić information content (AvgIpc) is 3.26. The number of hydrogen-bond donors (Lipinski definition) is 3. The van der Waals surface area contributed by atoms with Crippen LogP contribution in [0, 0.1) is 13.8 Å². The molecule has 0 aliphatic carbocycles. The predicted octanol–water partition coefficient (Wildman–Crippen LogP) is 1.84. The number of hydrogen-bond acceptors (Lipinski definition) is 3. The van der Waals surface area contributed by atoms with Crippen LogP contribution in [0.4, 0.5) is 11.4 Å². The van der Waals surface area contributed by atoms with E-state index in [-0.39, 0.29) is 6.04 Å². The number of carbonyl (C=O) groups is 2. The summed E-state index contributed by atoms with van der Waals surface area (Å²) in [5.74, 6) is -1.22. The topological polar surface area (TPSA) is 65.9 Å². The minimum Gasteiger partial charge on any atom is -0.378 e. The van der Waals surface area contributed by atoms with Crippen molar-refractivity contribution in [3.05, 3.63) is 59.2 Å². The molecule has 1 aliphatic heterocycles. The van der Waals surface area contributed by atoms with E-state index < -0.39 is 11.8 Å². The molecule has 6 nitrogen and oxygen atoms in total. The maximum Gasteiger partial charge on any atom is 0.313 e. The number of anilines is 2. The van der Waals surface area contributed by atoms with Gasteiger partial charge in [0.15, 0.2) is 0 Å². The highest BCUT2D eigenvalue weighted by Gasteiger charge is 2.28. The van der Waals surface area contributed by atoms with Gasteiger partial charge in [-0.25, -0.2) is 0 Å². The fourth-order valence-corrected chi connectivity index (χ4v) is 4.02. The van der Waals surface area contributed by atoms with Gasteiger partial charge in [-0.3, -0.25) is 9.59 Å². The van der Waals surface area contributed by atoms with Crippen LogP contribution in [0.5, 0.6) is 0 Å². The summed E-state index contributed by atoms with van der Waals surface area (Å²) in [4.78, 5) is 28.5. The minimum absolute atomic E-state index is 0.140. The van der Waals surface area contributed by atoms with Crippen LogP contribution in [-0.2, 0) is 9.59 Å². The summed E-state index contributed by atoms with van der Waals surface area (Å²) < 4.78 is 0. The van der Waals surface area contributed by atoms with Crippen LogP contribution in [0.25, 0.3) is 0 Å². The number of aryl methyl sites for hydroxylation is 1. The van der Waals surface area contributed by atoms with Gasteiger partial charge in [0.1, 0.15) is 6.04 Å². The first-order valence-corrected chi connectivity index (χ1v) is 10.6. The lowest BCUT2D eigenvalue weighted by atomic mass is 10.0.